The lowest BCUT2D eigenvalue weighted by Crippen LogP contribution is -2.25. The van der Waals surface area contributed by atoms with Gasteiger partial charge in [0.15, 0.2) is 0 Å². The number of carbonyl (C=O) groups excluding carboxylic acids is 1. The summed E-state index contributed by atoms with van der Waals surface area (Å²) in [5, 5.41) is 5.39. The highest BCUT2D eigenvalue weighted by molar-refractivity contribution is 8.14. The zero-order valence-electron chi connectivity index (χ0n) is 8.67. The van der Waals surface area contributed by atoms with Crippen molar-refractivity contribution < 1.29 is 4.79 Å². The van der Waals surface area contributed by atoms with Crippen LogP contribution in [0.15, 0.2) is 40.4 Å². The molecule has 0 bridgehead atoms. The Hall–Kier alpha value is -1.62. The lowest BCUT2D eigenvalue weighted by Gasteiger charge is -2.17. The van der Waals surface area contributed by atoms with Crippen LogP contribution in [-0.4, -0.2) is 28.6 Å². The van der Waals surface area contributed by atoms with E-state index in [4.69, 9.17) is 0 Å². The van der Waals surface area contributed by atoms with Crippen molar-refractivity contribution in [3.63, 3.8) is 0 Å². The molecule has 0 aromatic heterocycles. The standard InChI is InChI=1S/C11H11N3OS/c1-12-14(10-8-16-11(15)13-10)7-9-5-3-2-4-6-9/h2-6H,1,7-8H2. The van der Waals surface area contributed by atoms with Crippen molar-refractivity contribution in [3.8, 4) is 0 Å². The predicted octanol–water partition coefficient (Wildman–Crippen LogP) is 2.37. The molecule has 1 heterocycles. The predicted molar refractivity (Wildman–Crippen MR) is 66.8 cm³/mol. The Kier molecular flexibility index (Phi) is 3.36. The molecule has 82 valence electrons. The Labute approximate surface area is 98.1 Å². The van der Waals surface area contributed by atoms with Gasteiger partial charge in [0.25, 0.3) is 0 Å². The smallest absolute Gasteiger partial charge is 0.259 e. The van der Waals surface area contributed by atoms with Crippen molar-refractivity contribution in [2.75, 3.05) is 5.75 Å². The molecule has 1 aliphatic heterocycles. The highest BCUT2D eigenvalue weighted by Gasteiger charge is 2.20. The van der Waals surface area contributed by atoms with Crippen LogP contribution in [0.2, 0.25) is 0 Å². The number of aliphatic imine (C=N–C) groups is 1. The summed E-state index contributed by atoms with van der Waals surface area (Å²) in [7, 11) is 0. The van der Waals surface area contributed by atoms with E-state index in [0.717, 1.165) is 5.56 Å². The van der Waals surface area contributed by atoms with Gasteiger partial charge in [-0.2, -0.15) is 10.1 Å². The molecule has 0 unspecified atom stereocenters. The molecule has 0 saturated heterocycles. The second kappa shape index (κ2) is 4.94. The van der Waals surface area contributed by atoms with E-state index in [1.807, 2.05) is 30.3 Å². The molecule has 4 nitrogen and oxygen atoms in total. The van der Waals surface area contributed by atoms with Crippen molar-refractivity contribution in [3.05, 3.63) is 35.9 Å². The maximum atomic E-state index is 11.0. The maximum Gasteiger partial charge on any atom is 0.307 e. The number of thioether (sulfide) groups is 1. The number of benzene rings is 1. The van der Waals surface area contributed by atoms with Crippen LogP contribution in [0.5, 0.6) is 0 Å². The van der Waals surface area contributed by atoms with Crippen LogP contribution in [0.1, 0.15) is 5.56 Å². The topological polar surface area (TPSA) is 45.0 Å². The third kappa shape index (κ3) is 2.49. The summed E-state index contributed by atoms with van der Waals surface area (Å²) in [5.41, 5.74) is 1.11. The molecule has 5 heteroatoms. The Balaban J connectivity index is 2.10. The second-order valence-electron chi connectivity index (χ2n) is 3.27. The van der Waals surface area contributed by atoms with E-state index in [0.29, 0.717) is 18.1 Å². The van der Waals surface area contributed by atoms with Gasteiger partial charge in [-0.15, -0.1) is 0 Å². The molecule has 0 saturated carbocycles. The summed E-state index contributed by atoms with van der Waals surface area (Å²) < 4.78 is 0. The monoisotopic (exact) mass is 233 g/mol. The molecule has 0 fully saturated rings. The average molecular weight is 233 g/mol. The minimum atomic E-state index is -0.156. The fourth-order valence-corrected chi connectivity index (χ4v) is 2.04. The van der Waals surface area contributed by atoms with E-state index < -0.39 is 0 Å². The Morgan fingerprint density at radius 2 is 2.19 bits per heavy atom. The van der Waals surface area contributed by atoms with Crippen LogP contribution in [0, 0.1) is 0 Å². The molecule has 1 aromatic rings. The first kappa shape index (κ1) is 10.9. The van der Waals surface area contributed by atoms with Crippen molar-refractivity contribution >= 4 is 29.6 Å². The molecule has 0 aliphatic carbocycles. The molecule has 2 rings (SSSR count). The van der Waals surface area contributed by atoms with Gasteiger partial charge < -0.3 is 0 Å². The molecular formula is C11H11N3OS. The van der Waals surface area contributed by atoms with Crippen molar-refractivity contribution in [1.82, 2.24) is 5.01 Å². The minimum Gasteiger partial charge on any atom is -0.259 e. The molecule has 1 amide bonds. The first-order valence-corrected chi connectivity index (χ1v) is 5.80. The molecule has 0 atom stereocenters. The van der Waals surface area contributed by atoms with E-state index in [9.17, 15) is 4.79 Å². The van der Waals surface area contributed by atoms with Gasteiger partial charge in [0.2, 0.25) is 0 Å². The number of nitrogens with zero attached hydrogens (tertiary/aromatic N) is 3. The third-order valence-corrected chi connectivity index (χ3v) is 2.93. The van der Waals surface area contributed by atoms with Gasteiger partial charge in [0, 0.05) is 6.72 Å². The van der Waals surface area contributed by atoms with Gasteiger partial charge in [-0.1, -0.05) is 42.1 Å². The molecule has 1 aromatic carbocycles. The zero-order valence-corrected chi connectivity index (χ0v) is 9.48. The number of amides is 1. The van der Waals surface area contributed by atoms with Crippen molar-refractivity contribution in [2.45, 2.75) is 6.54 Å². The summed E-state index contributed by atoms with van der Waals surface area (Å²) in [6, 6.07) is 9.90. The molecule has 1 aliphatic rings. The summed E-state index contributed by atoms with van der Waals surface area (Å²) in [6.45, 7) is 4.10. The zero-order chi connectivity index (χ0) is 11.4. The van der Waals surface area contributed by atoms with E-state index in [-0.39, 0.29) is 5.24 Å². The molecule has 0 spiro atoms. The highest BCUT2D eigenvalue weighted by atomic mass is 32.2. The van der Waals surface area contributed by atoms with Crippen LogP contribution < -0.4 is 0 Å². The number of hydrogen-bond acceptors (Lipinski definition) is 4. The fraction of sp³-hybridized carbons (Fsp3) is 0.182. The van der Waals surface area contributed by atoms with Crippen LogP contribution in [0.25, 0.3) is 0 Å². The first-order valence-electron chi connectivity index (χ1n) is 4.82. The van der Waals surface area contributed by atoms with Gasteiger partial charge in [0.1, 0.15) is 5.84 Å². The van der Waals surface area contributed by atoms with E-state index in [1.165, 1.54) is 11.8 Å². The Morgan fingerprint density at radius 1 is 1.44 bits per heavy atom. The Bertz CT molecular complexity index is 430. The molecule has 0 radical (unpaired) electrons. The summed E-state index contributed by atoms with van der Waals surface area (Å²) >= 11 is 1.19. The highest BCUT2D eigenvalue weighted by Crippen LogP contribution is 2.17. The molecular weight excluding hydrogens is 222 g/mol. The summed E-state index contributed by atoms with van der Waals surface area (Å²) in [4.78, 5) is 14.9. The summed E-state index contributed by atoms with van der Waals surface area (Å²) in [6.07, 6.45) is 0. The number of hydrazone groups is 1. The van der Waals surface area contributed by atoms with Crippen LogP contribution in [-0.2, 0) is 6.54 Å². The SMILES string of the molecule is C=NN(Cc1ccccc1)C1=NC(=O)SC1. The maximum absolute atomic E-state index is 11.0. The van der Waals surface area contributed by atoms with Crippen LogP contribution in [0.3, 0.4) is 0 Å². The molecule has 16 heavy (non-hydrogen) atoms. The van der Waals surface area contributed by atoms with Crippen molar-refractivity contribution in [2.24, 2.45) is 10.1 Å². The summed E-state index contributed by atoms with van der Waals surface area (Å²) in [5.74, 6) is 1.25. The van der Waals surface area contributed by atoms with E-state index >= 15 is 0 Å². The largest absolute Gasteiger partial charge is 0.307 e. The lowest BCUT2D eigenvalue weighted by molar-refractivity contribution is 0.267. The van der Waals surface area contributed by atoms with E-state index in [2.05, 4.69) is 16.8 Å². The average Bonchev–Trinajstić information content (AvgIpc) is 2.74. The number of carbonyl (C=O) groups is 1. The minimum absolute atomic E-state index is 0.156. The number of amidine groups is 1. The quantitative estimate of drug-likeness (QED) is 0.594. The number of rotatable bonds is 3. The third-order valence-electron chi connectivity index (χ3n) is 2.19. The van der Waals surface area contributed by atoms with Crippen LogP contribution in [0.4, 0.5) is 4.79 Å². The Morgan fingerprint density at radius 3 is 2.75 bits per heavy atom. The number of hydrogen-bond donors (Lipinski definition) is 0. The van der Waals surface area contributed by atoms with Gasteiger partial charge in [-0.05, 0) is 5.56 Å². The van der Waals surface area contributed by atoms with Gasteiger partial charge in [-0.3, -0.25) is 4.79 Å². The fourth-order valence-electron chi connectivity index (χ4n) is 1.41. The molecule has 0 N–H and O–H groups in total. The van der Waals surface area contributed by atoms with Gasteiger partial charge >= 0.3 is 5.24 Å². The van der Waals surface area contributed by atoms with Gasteiger partial charge in [-0.25, -0.2) is 5.01 Å². The van der Waals surface area contributed by atoms with E-state index in [1.54, 1.807) is 5.01 Å². The van der Waals surface area contributed by atoms with Crippen molar-refractivity contribution in [1.29, 1.82) is 0 Å². The van der Waals surface area contributed by atoms with Gasteiger partial charge in [0.05, 0.1) is 12.3 Å². The second-order valence-corrected chi connectivity index (χ2v) is 4.19. The normalized spacial score (nSPS) is 14.8. The first-order chi connectivity index (χ1) is 7.79. The lowest BCUT2D eigenvalue weighted by atomic mass is 10.2. The van der Waals surface area contributed by atoms with Crippen LogP contribution >= 0.6 is 11.8 Å².